The highest BCUT2D eigenvalue weighted by Gasteiger charge is 2.23. The van der Waals surface area contributed by atoms with Gasteiger partial charge < -0.3 is 0 Å². The summed E-state index contributed by atoms with van der Waals surface area (Å²) in [6.45, 7) is 3.46. The van der Waals surface area contributed by atoms with Crippen LogP contribution in [0.15, 0.2) is 47.4 Å². The van der Waals surface area contributed by atoms with Gasteiger partial charge >= 0.3 is 0 Å². The fourth-order valence-electron chi connectivity index (χ4n) is 1.82. The molecule has 0 saturated carbocycles. The van der Waals surface area contributed by atoms with Crippen molar-refractivity contribution in [1.82, 2.24) is 4.72 Å². The quantitative estimate of drug-likeness (QED) is 0.940. The van der Waals surface area contributed by atoms with Crippen molar-refractivity contribution in [2.75, 3.05) is 6.54 Å². The van der Waals surface area contributed by atoms with E-state index in [0.29, 0.717) is 5.39 Å². The summed E-state index contributed by atoms with van der Waals surface area (Å²) in [6, 6.07) is 14.6. The summed E-state index contributed by atoms with van der Waals surface area (Å²) in [7, 11) is -3.63. The molecule has 0 aliphatic rings. The molecule has 0 saturated heterocycles. The standard InChI is InChI=1S/C15H16N2O2S/c1-15(2,10-16)11-17-20(18,19)14-9-5-7-12-6-3-4-8-13(12)14/h3-9,17H,11H2,1-2H3. The molecular formula is C15H16N2O2S. The molecule has 0 unspecified atom stereocenters. The van der Waals surface area contributed by atoms with Crippen molar-refractivity contribution in [2.45, 2.75) is 18.7 Å². The van der Waals surface area contributed by atoms with Gasteiger partial charge in [-0.05, 0) is 25.3 Å². The molecule has 0 heterocycles. The van der Waals surface area contributed by atoms with Crippen LogP contribution in [0.1, 0.15) is 13.8 Å². The van der Waals surface area contributed by atoms with E-state index in [9.17, 15) is 8.42 Å². The molecule has 0 amide bonds. The molecule has 0 spiro atoms. The zero-order valence-corrected chi connectivity index (χ0v) is 12.2. The number of hydrogen-bond donors (Lipinski definition) is 1. The second-order valence-corrected chi connectivity index (χ2v) is 7.03. The first-order chi connectivity index (χ1) is 9.36. The van der Waals surface area contributed by atoms with Crippen LogP contribution in [-0.4, -0.2) is 15.0 Å². The van der Waals surface area contributed by atoms with Gasteiger partial charge in [0.2, 0.25) is 10.0 Å². The van der Waals surface area contributed by atoms with Crippen LogP contribution in [0.3, 0.4) is 0 Å². The van der Waals surface area contributed by atoms with Gasteiger partial charge in [-0.3, -0.25) is 0 Å². The van der Waals surface area contributed by atoms with Crippen molar-refractivity contribution in [2.24, 2.45) is 5.41 Å². The second kappa shape index (κ2) is 5.23. The summed E-state index contributed by atoms with van der Waals surface area (Å²) in [5.74, 6) is 0. The first-order valence-electron chi connectivity index (χ1n) is 6.24. The number of nitriles is 1. The minimum absolute atomic E-state index is 0.0784. The monoisotopic (exact) mass is 288 g/mol. The Hall–Kier alpha value is -1.90. The topological polar surface area (TPSA) is 70.0 Å². The Morgan fingerprint density at radius 3 is 2.50 bits per heavy atom. The second-order valence-electron chi connectivity index (χ2n) is 5.30. The fraction of sp³-hybridized carbons (Fsp3) is 0.267. The van der Waals surface area contributed by atoms with Crippen molar-refractivity contribution < 1.29 is 8.42 Å². The molecule has 2 aromatic carbocycles. The zero-order valence-electron chi connectivity index (χ0n) is 11.4. The predicted molar refractivity (Wildman–Crippen MR) is 78.5 cm³/mol. The van der Waals surface area contributed by atoms with E-state index in [1.165, 1.54) is 0 Å². The van der Waals surface area contributed by atoms with Crippen LogP contribution in [0.2, 0.25) is 0 Å². The molecule has 0 bridgehead atoms. The molecule has 0 aliphatic carbocycles. The number of rotatable bonds is 4. The number of sulfonamides is 1. The predicted octanol–water partition coefficient (Wildman–Crippen LogP) is 2.67. The van der Waals surface area contributed by atoms with E-state index in [1.807, 2.05) is 18.2 Å². The van der Waals surface area contributed by atoms with E-state index in [1.54, 1.807) is 38.1 Å². The molecule has 2 aromatic rings. The Bertz CT molecular complexity index is 769. The summed E-state index contributed by atoms with van der Waals surface area (Å²) in [4.78, 5) is 0.240. The van der Waals surface area contributed by atoms with Gasteiger partial charge in [0.25, 0.3) is 0 Å². The maximum Gasteiger partial charge on any atom is 0.241 e. The zero-order chi connectivity index (χ0) is 14.8. The minimum atomic E-state index is -3.63. The van der Waals surface area contributed by atoms with Gasteiger partial charge in [-0.25, -0.2) is 13.1 Å². The number of nitrogens with zero attached hydrogens (tertiary/aromatic N) is 1. The minimum Gasteiger partial charge on any atom is -0.210 e. The molecule has 104 valence electrons. The first-order valence-corrected chi connectivity index (χ1v) is 7.73. The Balaban J connectivity index is 2.41. The molecule has 2 rings (SSSR count). The number of fused-ring (bicyclic) bond motifs is 1. The highest BCUT2D eigenvalue weighted by Crippen LogP contribution is 2.23. The lowest BCUT2D eigenvalue weighted by molar-refractivity contribution is 0.479. The van der Waals surface area contributed by atoms with Gasteiger partial charge in [-0.15, -0.1) is 0 Å². The van der Waals surface area contributed by atoms with Crippen molar-refractivity contribution in [3.05, 3.63) is 42.5 Å². The third-order valence-corrected chi connectivity index (χ3v) is 4.51. The summed E-state index contributed by atoms with van der Waals surface area (Å²) in [5.41, 5.74) is -0.738. The SMILES string of the molecule is CC(C)(C#N)CNS(=O)(=O)c1cccc2ccccc12. The lowest BCUT2D eigenvalue weighted by Gasteiger charge is -2.16. The van der Waals surface area contributed by atoms with Crippen LogP contribution in [-0.2, 0) is 10.0 Å². The van der Waals surface area contributed by atoms with Crippen LogP contribution in [0, 0.1) is 16.7 Å². The average molecular weight is 288 g/mol. The lowest BCUT2D eigenvalue weighted by Crippen LogP contribution is -2.33. The van der Waals surface area contributed by atoms with Gasteiger partial charge in [0.05, 0.1) is 16.4 Å². The number of benzene rings is 2. The molecule has 0 aliphatic heterocycles. The molecule has 0 atom stereocenters. The lowest BCUT2D eigenvalue weighted by atomic mass is 9.97. The van der Waals surface area contributed by atoms with Crippen LogP contribution < -0.4 is 4.72 Å². The van der Waals surface area contributed by atoms with Crippen molar-refractivity contribution >= 4 is 20.8 Å². The fourth-order valence-corrected chi connectivity index (χ4v) is 3.26. The van der Waals surface area contributed by atoms with E-state index in [0.717, 1.165) is 5.39 Å². The Morgan fingerprint density at radius 1 is 1.15 bits per heavy atom. The third-order valence-electron chi connectivity index (χ3n) is 3.05. The van der Waals surface area contributed by atoms with Gasteiger partial charge in [-0.1, -0.05) is 36.4 Å². The number of nitrogens with one attached hydrogen (secondary N) is 1. The molecule has 0 aromatic heterocycles. The van der Waals surface area contributed by atoms with Crippen molar-refractivity contribution in [1.29, 1.82) is 5.26 Å². The Labute approximate surface area is 119 Å². The highest BCUT2D eigenvalue weighted by molar-refractivity contribution is 7.89. The molecule has 4 nitrogen and oxygen atoms in total. The van der Waals surface area contributed by atoms with E-state index < -0.39 is 15.4 Å². The molecule has 0 fully saturated rings. The van der Waals surface area contributed by atoms with Gasteiger partial charge in [-0.2, -0.15) is 5.26 Å². The first kappa shape index (κ1) is 14.5. The highest BCUT2D eigenvalue weighted by atomic mass is 32.2. The van der Waals surface area contributed by atoms with Crippen LogP contribution >= 0.6 is 0 Å². The molecular weight excluding hydrogens is 272 g/mol. The summed E-state index contributed by atoms with van der Waals surface area (Å²) in [5, 5.41) is 10.5. The van der Waals surface area contributed by atoms with E-state index >= 15 is 0 Å². The third kappa shape index (κ3) is 2.98. The maximum atomic E-state index is 12.4. The summed E-state index contributed by atoms with van der Waals surface area (Å²) in [6.07, 6.45) is 0. The van der Waals surface area contributed by atoms with Gasteiger partial charge in [0.1, 0.15) is 0 Å². The summed E-state index contributed by atoms with van der Waals surface area (Å²) >= 11 is 0. The maximum absolute atomic E-state index is 12.4. The molecule has 0 radical (unpaired) electrons. The molecule has 20 heavy (non-hydrogen) atoms. The molecule has 1 N–H and O–H groups in total. The van der Waals surface area contributed by atoms with Crippen LogP contribution in [0.5, 0.6) is 0 Å². The van der Waals surface area contributed by atoms with Crippen molar-refractivity contribution in [3.63, 3.8) is 0 Å². The van der Waals surface area contributed by atoms with Crippen LogP contribution in [0.25, 0.3) is 10.8 Å². The number of hydrogen-bond acceptors (Lipinski definition) is 3. The Kier molecular flexibility index (Phi) is 3.80. The van der Waals surface area contributed by atoms with Crippen molar-refractivity contribution in [3.8, 4) is 6.07 Å². The smallest absolute Gasteiger partial charge is 0.210 e. The normalized spacial score (nSPS) is 12.2. The van der Waals surface area contributed by atoms with Crippen LogP contribution in [0.4, 0.5) is 0 Å². The Morgan fingerprint density at radius 2 is 1.80 bits per heavy atom. The average Bonchev–Trinajstić information content (AvgIpc) is 2.45. The van der Waals surface area contributed by atoms with E-state index in [2.05, 4.69) is 10.8 Å². The van der Waals surface area contributed by atoms with E-state index in [-0.39, 0.29) is 11.4 Å². The summed E-state index contributed by atoms with van der Waals surface area (Å²) < 4.78 is 27.3. The van der Waals surface area contributed by atoms with Gasteiger partial charge in [0, 0.05) is 11.9 Å². The van der Waals surface area contributed by atoms with Gasteiger partial charge in [0.15, 0.2) is 0 Å². The largest absolute Gasteiger partial charge is 0.241 e. The molecule has 5 heteroatoms. The van der Waals surface area contributed by atoms with E-state index in [4.69, 9.17) is 5.26 Å².